The Labute approximate surface area is 179 Å². The van der Waals surface area contributed by atoms with E-state index in [4.69, 9.17) is 23.3 Å². The standard InChI is InChI=1S/C16H13P.5CO.Mo/c1-2-8-14(9-3-1)17-15-10-12-6-4-5-7-13(12)11-16(15)17;5*1-2;/h1-11,15-16H;;;;;;. The van der Waals surface area contributed by atoms with Crippen molar-refractivity contribution >= 4 is 25.4 Å². The first kappa shape index (κ1) is 30.7. The van der Waals surface area contributed by atoms with E-state index in [9.17, 15) is 0 Å². The average Bonchev–Trinajstić information content (AvgIpc) is 3.52. The summed E-state index contributed by atoms with van der Waals surface area (Å²) >= 11 is 0. The van der Waals surface area contributed by atoms with Gasteiger partial charge in [-0.1, -0.05) is 74.7 Å². The van der Waals surface area contributed by atoms with Gasteiger partial charge in [-0.05, 0) is 15.7 Å². The molecular weight excluding hydrogens is 459 g/mol. The number of benzene rings is 2. The maximum atomic E-state index is 7.50. The Morgan fingerprint density at radius 1 is 0.536 bits per heavy atom. The van der Waals surface area contributed by atoms with E-state index >= 15 is 0 Å². The van der Waals surface area contributed by atoms with Crippen LogP contribution in [0.3, 0.4) is 0 Å². The summed E-state index contributed by atoms with van der Waals surface area (Å²) in [4.78, 5) is 0. The first-order chi connectivity index (χ1) is 13.4. The third-order valence-corrected chi connectivity index (χ3v) is 6.43. The van der Waals surface area contributed by atoms with Gasteiger partial charge in [0, 0.05) is 32.4 Å². The smallest absolute Gasteiger partial charge is 0 e. The SMILES string of the molecule is C1=c2ccccc2=CC2C1P2c1ccccc1.[C-]#[O+].[C-]#[O+].[C-]#[O+].[C-]#[O+].[C-]#[O+].[Mo]. The van der Waals surface area contributed by atoms with Gasteiger partial charge in [0.25, 0.3) is 0 Å². The molecule has 0 saturated carbocycles. The Balaban J connectivity index is -0.000000503. The molecule has 0 radical (unpaired) electrons. The van der Waals surface area contributed by atoms with E-state index in [1.807, 2.05) is 0 Å². The molecular formula is C21H13MoO5P. The summed E-state index contributed by atoms with van der Waals surface area (Å²) in [7, 11) is 0.0324. The molecule has 2 atom stereocenters. The van der Waals surface area contributed by atoms with Gasteiger partial charge >= 0.3 is 56.5 Å². The van der Waals surface area contributed by atoms with Gasteiger partial charge in [0.1, 0.15) is 0 Å². The fourth-order valence-corrected chi connectivity index (χ4v) is 5.51. The van der Waals surface area contributed by atoms with Crippen LogP contribution in [0.2, 0.25) is 0 Å². The minimum Gasteiger partial charge on any atom is 0 e. The molecule has 0 amide bonds. The second kappa shape index (κ2) is 19.8. The monoisotopic (exact) mass is 474 g/mol. The van der Waals surface area contributed by atoms with Gasteiger partial charge in [0.15, 0.2) is 0 Å². The zero-order valence-corrected chi connectivity index (χ0v) is 17.3. The summed E-state index contributed by atoms with van der Waals surface area (Å²) in [6.07, 6.45) is 4.97. The quantitative estimate of drug-likeness (QED) is 0.261. The summed E-state index contributed by atoms with van der Waals surface area (Å²) in [5.41, 5.74) is 1.59. The van der Waals surface area contributed by atoms with Crippen LogP contribution in [0.1, 0.15) is 0 Å². The zero-order valence-electron chi connectivity index (χ0n) is 14.4. The predicted octanol–water partition coefficient (Wildman–Crippen LogP) is 1.63. The van der Waals surface area contributed by atoms with Gasteiger partial charge in [0.05, 0.1) is 0 Å². The van der Waals surface area contributed by atoms with Crippen LogP contribution < -0.4 is 15.7 Å². The van der Waals surface area contributed by atoms with Crippen LogP contribution in [-0.2, 0) is 44.3 Å². The van der Waals surface area contributed by atoms with Crippen molar-refractivity contribution in [2.24, 2.45) is 0 Å². The fraction of sp³-hybridized carbons (Fsp3) is 0.0952. The molecule has 2 unspecified atom stereocenters. The summed E-state index contributed by atoms with van der Waals surface area (Å²) in [5, 5.41) is 4.40. The van der Waals surface area contributed by atoms with Crippen LogP contribution in [0.15, 0.2) is 54.6 Å². The third kappa shape index (κ3) is 8.35. The van der Waals surface area contributed by atoms with Crippen molar-refractivity contribution in [2.75, 3.05) is 0 Å². The van der Waals surface area contributed by atoms with Crippen molar-refractivity contribution in [1.29, 1.82) is 0 Å². The molecule has 4 rings (SSSR count). The second-order valence-corrected chi connectivity index (χ2v) is 7.21. The minimum absolute atomic E-state index is 0. The van der Waals surface area contributed by atoms with E-state index in [2.05, 4.69) is 100 Å². The summed E-state index contributed by atoms with van der Waals surface area (Å²) in [6.45, 7) is 22.5. The molecule has 0 aromatic heterocycles. The molecule has 138 valence electrons. The van der Waals surface area contributed by atoms with E-state index in [-0.39, 0.29) is 29.0 Å². The number of fused-ring (bicyclic) bond motifs is 2. The van der Waals surface area contributed by atoms with Crippen LogP contribution in [0.5, 0.6) is 0 Å². The Morgan fingerprint density at radius 3 is 1.21 bits per heavy atom. The second-order valence-electron chi connectivity index (χ2n) is 4.69. The summed E-state index contributed by atoms with van der Waals surface area (Å²) in [5.74, 6) is 0. The van der Waals surface area contributed by atoms with Crippen molar-refractivity contribution in [3.63, 3.8) is 0 Å². The van der Waals surface area contributed by atoms with Gasteiger partial charge in [-0.3, -0.25) is 0 Å². The first-order valence-corrected chi connectivity index (χ1v) is 8.56. The fourth-order valence-electron chi connectivity index (χ4n) is 2.75. The van der Waals surface area contributed by atoms with Crippen LogP contribution in [0.25, 0.3) is 12.2 Å². The van der Waals surface area contributed by atoms with Crippen molar-refractivity contribution in [1.82, 2.24) is 0 Å². The Hall–Kier alpha value is -2.00. The van der Waals surface area contributed by atoms with Gasteiger partial charge in [-0.2, -0.15) is 0 Å². The molecule has 0 bridgehead atoms. The van der Waals surface area contributed by atoms with Gasteiger partial charge in [-0.25, -0.2) is 0 Å². The van der Waals surface area contributed by atoms with Gasteiger partial charge in [-0.15, -0.1) is 0 Å². The number of hydrogen-bond acceptors (Lipinski definition) is 0. The molecule has 0 N–H and O–H groups in total. The number of hydrogen-bond donors (Lipinski definition) is 0. The van der Waals surface area contributed by atoms with Gasteiger partial charge < -0.3 is 0 Å². The molecule has 1 heterocycles. The Morgan fingerprint density at radius 2 is 0.857 bits per heavy atom. The van der Waals surface area contributed by atoms with Crippen molar-refractivity contribution < 1.29 is 44.3 Å². The molecule has 7 heteroatoms. The first-order valence-electron chi connectivity index (χ1n) is 7.08. The molecule has 1 aliphatic heterocycles. The molecule has 0 spiro atoms. The number of rotatable bonds is 1. The van der Waals surface area contributed by atoms with Crippen LogP contribution >= 0.6 is 7.92 Å². The summed E-state index contributed by atoms with van der Waals surface area (Å²) < 4.78 is 37.5. The topological polar surface area (TPSA) is 99.5 Å². The predicted molar refractivity (Wildman–Crippen MR) is 94.8 cm³/mol. The zero-order chi connectivity index (χ0) is 21.2. The van der Waals surface area contributed by atoms with Crippen LogP contribution in [0.4, 0.5) is 0 Å². The summed E-state index contributed by atoms with van der Waals surface area (Å²) in [6, 6.07) is 19.7. The van der Waals surface area contributed by atoms with E-state index in [1.54, 1.807) is 5.30 Å². The molecule has 28 heavy (non-hydrogen) atoms. The van der Waals surface area contributed by atoms with Crippen molar-refractivity contribution in [3.05, 3.63) is 98.3 Å². The van der Waals surface area contributed by atoms with E-state index in [0.717, 1.165) is 11.3 Å². The molecule has 2 aromatic carbocycles. The normalized spacial score (nSPS) is 17.6. The van der Waals surface area contributed by atoms with Gasteiger partial charge in [0.2, 0.25) is 0 Å². The largest absolute Gasteiger partial charge is 0 e. The molecule has 1 saturated heterocycles. The van der Waals surface area contributed by atoms with E-state index < -0.39 is 0 Å². The minimum atomic E-state index is 0. The van der Waals surface area contributed by atoms with Crippen molar-refractivity contribution in [2.45, 2.75) is 11.3 Å². The molecule has 1 aliphatic carbocycles. The van der Waals surface area contributed by atoms with Crippen LogP contribution in [-0.4, -0.2) is 11.3 Å². The average molecular weight is 472 g/mol. The molecule has 2 aromatic rings. The Bertz CT molecular complexity index is 824. The third-order valence-electron chi connectivity index (χ3n) is 3.65. The van der Waals surface area contributed by atoms with E-state index in [1.165, 1.54) is 10.4 Å². The Kier molecular flexibility index (Phi) is 21.7. The maximum absolute atomic E-state index is 7.50. The molecule has 5 nitrogen and oxygen atoms in total. The van der Waals surface area contributed by atoms with Crippen molar-refractivity contribution in [3.8, 4) is 0 Å². The van der Waals surface area contributed by atoms with E-state index in [0.29, 0.717) is 0 Å². The van der Waals surface area contributed by atoms with Crippen LogP contribution in [0, 0.1) is 33.3 Å². The maximum Gasteiger partial charge on any atom is 0 e. The molecule has 2 aliphatic rings. The molecule has 1 fully saturated rings.